The third-order valence-electron chi connectivity index (χ3n) is 4.95. The number of ether oxygens (including phenoxy) is 3. The van der Waals surface area contributed by atoms with E-state index in [4.69, 9.17) is 19.2 Å². The summed E-state index contributed by atoms with van der Waals surface area (Å²) in [4.78, 5) is 4.97. The monoisotopic (exact) mass is 352 g/mol. The van der Waals surface area contributed by atoms with Gasteiger partial charge in [0.2, 0.25) is 0 Å². The Bertz CT molecular complexity index is 744. The first-order valence-corrected chi connectivity index (χ1v) is 8.98. The molecule has 1 saturated heterocycles. The molecule has 0 aliphatic carbocycles. The van der Waals surface area contributed by atoms with Crippen LogP contribution in [0.5, 0.6) is 0 Å². The van der Waals surface area contributed by atoms with E-state index in [-0.39, 0.29) is 17.7 Å². The summed E-state index contributed by atoms with van der Waals surface area (Å²) in [7, 11) is 0. The average Bonchev–Trinajstić information content (AvgIpc) is 3.06. The molecule has 1 N–H and O–H groups in total. The van der Waals surface area contributed by atoms with Gasteiger partial charge in [-0.15, -0.1) is 0 Å². The molecule has 0 amide bonds. The molecular weight excluding hydrogens is 328 g/mol. The maximum absolute atomic E-state index is 5.94. The predicted octanol–water partition coefficient (Wildman–Crippen LogP) is 3.03. The van der Waals surface area contributed by atoms with Gasteiger partial charge in [-0.25, -0.2) is 0 Å². The minimum absolute atomic E-state index is 0.0106. The van der Waals surface area contributed by atoms with Gasteiger partial charge in [-0.1, -0.05) is 60.7 Å². The van der Waals surface area contributed by atoms with Crippen molar-refractivity contribution in [1.82, 2.24) is 5.32 Å². The van der Waals surface area contributed by atoms with E-state index < -0.39 is 0 Å². The van der Waals surface area contributed by atoms with Crippen LogP contribution in [0.3, 0.4) is 0 Å². The number of amidine groups is 1. The second-order valence-electron chi connectivity index (χ2n) is 6.87. The Hall–Kier alpha value is -2.21. The summed E-state index contributed by atoms with van der Waals surface area (Å²) in [5, 5.41) is 3.62. The van der Waals surface area contributed by atoms with Crippen molar-refractivity contribution < 1.29 is 14.2 Å². The van der Waals surface area contributed by atoms with Gasteiger partial charge >= 0.3 is 0 Å². The van der Waals surface area contributed by atoms with Crippen LogP contribution in [0.4, 0.5) is 0 Å². The van der Waals surface area contributed by atoms with E-state index in [1.807, 2.05) is 12.1 Å². The number of aliphatic imine (C=N–C) groups is 1. The molecule has 26 heavy (non-hydrogen) atoms. The average molecular weight is 352 g/mol. The van der Waals surface area contributed by atoms with Gasteiger partial charge in [0.15, 0.2) is 0 Å². The molecule has 4 rings (SSSR count). The number of rotatable bonds is 5. The van der Waals surface area contributed by atoms with Gasteiger partial charge in [-0.2, -0.15) is 0 Å². The van der Waals surface area contributed by atoms with Gasteiger partial charge in [0.1, 0.15) is 31.4 Å². The fraction of sp³-hybridized carbons (Fsp3) is 0.381. The largest absolute Gasteiger partial charge is 0.366 e. The molecule has 2 aromatic rings. The molecule has 2 aliphatic heterocycles. The molecule has 5 nitrogen and oxygen atoms in total. The van der Waals surface area contributed by atoms with Crippen molar-refractivity contribution in [3.8, 4) is 0 Å². The first-order valence-electron chi connectivity index (χ1n) is 8.98. The first-order chi connectivity index (χ1) is 12.8. The molecule has 0 radical (unpaired) electrons. The van der Waals surface area contributed by atoms with Gasteiger partial charge < -0.3 is 19.5 Å². The van der Waals surface area contributed by atoms with E-state index in [1.54, 1.807) is 0 Å². The van der Waals surface area contributed by atoms with Crippen LogP contribution in [0.25, 0.3) is 0 Å². The Kier molecular flexibility index (Phi) is 5.02. The van der Waals surface area contributed by atoms with E-state index in [0.717, 1.165) is 5.84 Å². The van der Waals surface area contributed by atoms with Crippen LogP contribution in [-0.4, -0.2) is 38.6 Å². The minimum Gasteiger partial charge on any atom is -0.366 e. The molecule has 2 aromatic carbocycles. The fourth-order valence-electron chi connectivity index (χ4n) is 3.58. The Morgan fingerprint density at radius 2 is 1.69 bits per heavy atom. The standard InChI is InChI=1S/C21H24N2O3/c1-21(17-10-6-3-7-11-17)20(16-8-4-2-5-9-16)22-19(23-21)14-26-18-12-24-15-25-13-18/h2-11,18,20H,12-15H2,1H3,(H,22,23). The maximum atomic E-state index is 5.94. The maximum Gasteiger partial charge on any atom is 0.146 e. The molecule has 0 aromatic heterocycles. The number of nitrogens with one attached hydrogen (secondary N) is 1. The Morgan fingerprint density at radius 3 is 2.38 bits per heavy atom. The molecular formula is C21H24N2O3. The van der Waals surface area contributed by atoms with Crippen molar-refractivity contribution in [3.05, 3.63) is 71.8 Å². The zero-order valence-electron chi connectivity index (χ0n) is 14.9. The Balaban J connectivity index is 1.57. The van der Waals surface area contributed by atoms with Crippen molar-refractivity contribution in [2.45, 2.75) is 24.6 Å². The second kappa shape index (κ2) is 7.58. The van der Waals surface area contributed by atoms with Crippen LogP contribution in [0.15, 0.2) is 65.7 Å². The van der Waals surface area contributed by atoms with Crippen LogP contribution in [0.1, 0.15) is 24.1 Å². The van der Waals surface area contributed by atoms with Gasteiger partial charge in [-0.05, 0) is 18.1 Å². The summed E-state index contributed by atoms with van der Waals surface area (Å²) in [6.45, 7) is 4.09. The van der Waals surface area contributed by atoms with Crippen LogP contribution >= 0.6 is 0 Å². The summed E-state index contributed by atoms with van der Waals surface area (Å²) in [6, 6.07) is 20.8. The highest BCUT2D eigenvalue weighted by atomic mass is 16.7. The molecule has 0 saturated carbocycles. The van der Waals surface area contributed by atoms with Crippen LogP contribution in [-0.2, 0) is 19.7 Å². The zero-order valence-corrected chi connectivity index (χ0v) is 14.9. The highest BCUT2D eigenvalue weighted by Crippen LogP contribution is 2.41. The molecule has 0 spiro atoms. The molecule has 0 bridgehead atoms. The van der Waals surface area contributed by atoms with Gasteiger partial charge in [0.25, 0.3) is 0 Å². The smallest absolute Gasteiger partial charge is 0.146 e. The molecule has 2 unspecified atom stereocenters. The Morgan fingerprint density at radius 1 is 1.04 bits per heavy atom. The lowest BCUT2D eigenvalue weighted by Crippen LogP contribution is -2.43. The molecule has 2 aliphatic rings. The van der Waals surface area contributed by atoms with Crippen LogP contribution in [0, 0.1) is 0 Å². The van der Waals surface area contributed by atoms with E-state index >= 15 is 0 Å². The highest BCUT2D eigenvalue weighted by molar-refractivity contribution is 5.87. The van der Waals surface area contributed by atoms with E-state index in [9.17, 15) is 0 Å². The number of hydrogen-bond acceptors (Lipinski definition) is 5. The second-order valence-corrected chi connectivity index (χ2v) is 6.87. The molecule has 136 valence electrons. The lowest BCUT2D eigenvalue weighted by atomic mass is 9.82. The predicted molar refractivity (Wildman–Crippen MR) is 100 cm³/mol. The number of hydrogen-bond donors (Lipinski definition) is 1. The summed E-state index contributed by atoms with van der Waals surface area (Å²) in [6.07, 6.45) is -0.0491. The fourth-order valence-corrected chi connectivity index (χ4v) is 3.58. The van der Waals surface area contributed by atoms with Crippen molar-refractivity contribution in [2.75, 3.05) is 26.6 Å². The Labute approximate surface area is 154 Å². The van der Waals surface area contributed by atoms with Crippen molar-refractivity contribution in [1.29, 1.82) is 0 Å². The molecule has 2 heterocycles. The molecule has 5 heteroatoms. The summed E-state index contributed by atoms with van der Waals surface area (Å²) >= 11 is 0. The normalized spacial score (nSPS) is 26.3. The minimum atomic E-state index is -0.319. The molecule has 2 atom stereocenters. The summed E-state index contributed by atoms with van der Waals surface area (Å²) < 4.78 is 16.5. The zero-order chi connectivity index (χ0) is 17.8. The third-order valence-corrected chi connectivity index (χ3v) is 4.95. The van der Waals surface area contributed by atoms with Crippen molar-refractivity contribution in [3.63, 3.8) is 0 Å². The molecule has 1 fully saturated rings. The number of nitrogens with zero attached hydrogens (tertiary/aromatic N) is 1. The summed E-state index contributed by atoms with van der Waals surface area (Å²) in [5.74, 6) is 0.857. The first kappa shape index (κ1) is 17.2. The lowest BCUT2D eigenvalue weighted by molar-refractivity contribution is -0.163. The third kappa shape index (κ3) is 3.51. The van der Waals surface area contributed by atoms with Crippen molar-refractivity contribution in [2.24, 2.45) is 4.99 Å². The summed E-state index contributed by atoms with van der Waals surface area (Å²) in [5.41, 5.74) is 2.07. The quantitative estimate of drug-likeness (QED) is 0.899. The van der Waals surface area contributed by atoms with E-state index in [2.05, 4.69) is 60.8 Å². The topological polar surface area (TPSA) is 52.1 Å². The van der Waals surface area contributed by atoms with Crippen LogP contribution in [0.2, 0.25) is 0 Å². The van der Waals surface area contributed by atoms with Gasteiger partial charge in [0, 0.05) is 0 Å². The van der Waals surface area contributed by atoms with Gasteiger partial charge in [0.05, 0.1) is 18.8 Å². The highest BCUT2D eigenvalue weighted by Gasteiger charge is 2.42. The van der Waals surface area contributed by atoms with Crippen LogP contribution < -0.4 is 5.32 Å². The van der Waals surface area contributed by atoms with E-state index in [1.165, 1.54) is 11.1 Å². The van der Waals surface area contributed by atoms with E-state index in [0.29, 0.717) is 26.6 Å². The number of benzene rings is 2. The lowest BCUT2D eigenvalue weighted by Gasteiger charge is -2.32. The SMILES string of the molecule is CC1(c2ccccc2)NC(COC2COCOC2)=NC1c1ccccc1. The van der Waals surface area contributed by atoms with Gasteiger partial charge in [-0.3, -0.25) is 4.99 Å². The van der Waals surface area contributed by atoms with Crippen molar-refractivity contribution >= 4 is 5.84 Å².